The molecule has 1 N–H and O–H groups in total. The zero-order valence-corrected chi connectivity index (χ0v) is 13.5. The van der Waals surface area contributed by atoms with Gasteiger partial charge in [-0.1, -0.05) is 13.8 Å². The third-order valence-corrected chi connectivity index (χ3v) is 5.55. The predicted molar refractivity (Wildman–Crippen MR) is 78.2 cm³/mol. The number of hydrogen-bond acceptors (Lipinski definition) is 1. The molecule has 21 heavy (non-hydrogen) atoms. The molecule has 1 rings (SSSR count). The van der Waals surface area contributed by atoms with Crippen LogP contribution in [0.5, 0.6) is 0 Å². The lowest BCUT2D eigenvalue weighted by atomic mass is 9.80. The maximum Gasteiger partial charge on any atom is 0.391 e. The van der Waals surface area contributed by atoms with E-state index in [9.17, 15) is 18.0 Å². The first kappa shape index (κ1) is 18.6. The van der Waals surface area contributed by atoms with Gasteiger partial charge in [0, 0.05) is 23.8 Å². The van der Waals surface area contributed by atoms with E-state index in [2.05, 4.69) is 5.32 Å². The van der Waals surface area contributed by atoms with Gasteiger partial charge in [0.25, 0.3) is 0 Å². The monoisotopic (exact) mass is 327 g/mol. The van der Waals surface area contributed by atoms with Crippen molar-refractivity contribution in [2.75, 3.05) is 12.4 Å². The average molecular weight is 328 g/mol. The van der Waals surface area contributed by atoms with Crippen molar-refractivity contribution < 1.29 is 18.0 Å². The molecule has 0 radical (unpaired) electrons. The maximum atomic E-state index is 12.6. The topological polar surface area (TPSA) is 29.1 Å². The Morgan fingerprint density at radius 2 is 1.67 bits per heavy atom. The zero-order valence-electron chi connectivity index (χ0n) is 12.7. The van der Waals surface area contributed by atoms with Crippen LogP contribution in [0.1, 0.15) is 52.4 Å². The van der Waals surface area contributed by atoms with Gasteiger partial charge in [-0.15, -0.1) is 11.6 Å². The number of alkyl halides is 4. The molecule has 0 heterocycles. The number of rotatable bonds is 6. The van der Waals surface area contributed by atoms with E-state index in [1.807, 2.05) is 13.8 Å². The fourth-order valence-electron chi connectivity index (χ4n) is 2.84. The van der Waals surface area contributed by atoms with Crippen LogP contribution in [0, 0.1) is 17.3 Å². The largest absolute Gasteiger partial charge is 0.391 e. The van der Waals surface area contributed by atoms with Gasteiger partial charge in [-0.05, 0) is 38.5 Å². The lowest BCUT2D eigenvalue weighted by Crippen LogP contribution is -2.42. The van der Waals surface area contributed by atoms with E-state index in [-0.39, 0.29) is 30.1 Å². The van der Waals surface area contributed by atoms with Crippen molar-refractivity contribution in [2.45, 2.75) is 58.5 Å². The second kappa shape index (κ2) is 7.70. The van der Waals surface area contributed by atoms with Crippen LogP contribution in [0.3, 0.4) is 0 Å². The van der Waals surface area contributed by atoms with Gasteiger partial charge in [-0.3, -0.25) is 4.79 Å². The molecule has 2 nitrogen and oxygen atoms in total. The lowest BCUT2D eigenvalue weighted by Gasteiger charge is -2.32. The predicted octanol–water partition coefficient (Wildman–Crippen LogP) is 4.52. The summed E-state index contributed by atoms with van der Waals surface area (Å²) >= 11 is 5.99. The number of hydrogen-bond donors (Lipinski definition) is 1. The molecule has 0 aromatic carbocycles. The van der Waals surface area contributed by atoms with Gasteiger partial charge in [0.2, 0.25) is 5.91 Å². The third kappa shape index (κ3) is 5.04. The highest BCUT2D eigenvalue weighted by Crippen LogP contribution is 2.39. The summed E-state index contributed by atoms with van der Waals surface area (Å²) in [6.45, 7) is 4.57. The van der Waals surface area contributed by atoms with Crippen LogP contribution in [0.25, 0.3) is 0 Å². The van der Waals surface area contributed by atoms with Gasteiger partial charge in [0.05, 0.1) is 5.92 Å². The molecule has 6 heteroatoms. The molecule has 1 amide bonds. The Hall–Kier alpha value is -0.450. The van der Waals surface area contributed by atoms with Crippen molar-refractivity contribution in [3.8, 4) is 0 Å². The van der Waals surface area contributed by atoms with Crippen molar-refractivity contribution in [3.63, 3.8) is 0 Å². The molecule has 0 saturated heterocycles. The second-order valence-corrected chi connectivity index (χ2v) is 6.42. The molecule has 0 aliphatic heterocycles. The Balaban J connectivity index is 2.44. The molecule has 1 fully saturated rings. The zero-order chi connectivity index (χ0) is 16.1. The molecule has 124 valence electrons. The van der Waals surface area contributed by atoms with Crippen molar-refractivity contribution >= 4 is 17.5 Å². The number of carbonyl (C=O) groups is 1. The minimum atomic E-state index is -4.13. The van der Waals surface area contributed by atoms with Gasteiger partial charge in [0.15, 0.2) is 0 Å². The van der Waals surface area contributed by atoms with Crippen LogP contribution in [-0.4, -0.2) is 24.5 Å². The number of carbonyl (C=O) groups excluding carboxylic acids is 1. The Bertz CT molecular complexity index is 326. The smallest absolute Gasteiger partial charge is 0.355 e. The van der Waals surface area contributed by atoms with Crippen LogP contribution in [0.2, 0.25) is 0 Å². The number of nitrogens with one attached hydrogen (secondary N) is 1. The van der Waals surface area contributed by atoms with Crippen LogP contribution < -0.4 is 5.32 Å². The summed E-state index contributed by atoms with van der Waals surface area (Å²) in [5, 5.41) is 2.90. The Morgan fingerprint density at radius 3 is 2.05 bits per heavy atom. The highest BCUT2D eigenvalue weighted by Gasteiger charge is 2.42. The first-order chi connectivity index (χ1) is 9.78. The van der Waals surface area contributed by atoms with Crippen molar-refractivity contribution in [3.05, 3.63) is 0 Å². The van der Waals surface area contributed by atoms with E-state index in [0.29, 0.717) is 25.3 Å². The van der Waals surface area contributed by atoms with Crippen LogP contribution in [0.4, 0.5) is 13.2 Å². The Morgan fingerprint density at radius 1 is 1.14 bits per heavy atom. The van der Waals surface area contributed by atoms with Crippen molar-refractivity contribution in [2.24, 2.45) is 17.3 Å². The molecular weight excluding hydrogens is 303 g/mol. The fourth-order valence-corrected chi connectivity index (χ4v) is 3.31. The molecular formula is C15H25ClF3NO. The van der Waals surface area contributed by atoms with Gasteiger partial charge in [-0.25, -0.2) is 0 Å². The normalized spacial score (nSPS) is 23.9. The molecule has 1 saturated carbocycles. The molecule has 0 aromatic heterocycles. The summed E-state index contributed by atoms with van der Waals surface area (Å²) in [5.74, 6) is -1.17. The Kier molecular flexibility index (Phi) is 6.82. The first-order valence-electron chi connectivity index (χ1n) is 7.68. The van der Waals surface area contributed by atoms with E-state index >= 15 is 0 Å². The summed E-state index contributed by atoms with van der Waals surface area (Å²) in [7, 11) is 0. The van der Waals surface area contributed by atoms with E-state index < -0.39 is 12.1 Å². The molecule has 1 aliphatic carbocycles. The summed E-state index contributed by atoms with van der Waals surface area (Å²) in [6.07, 6.45) is -1.63. The quantitative estimate of drug-likeness (QED) is 0.714. The molecule has 0 unspecified atom stereocenters. The molecule has 1 aliphatic rings. The minimum absolute atomic E-state index is 0.0593. The molecule has 0 bridgehead atoms. The summed E-state index contributed by atoms with van der Waals surface area (Å²) in [5.41, 5.74) is -0.111. The molecule has 0 aromatic rings. The third-order valence-electron chi connectivity index (χ3n) is 4.98. The van der Waals surface area contributed by atoms with Crippen molar-refractivity contribution in [1.82, 2.24) is 5.32 Å². The van der Waals surface area contributed by atoms with E-state index in [0.717, 1.165) is 12.8 Å². The SMILES string of the molecule is CCC(CC)(CCl)CNC(=O)C1CCC(C(F)(F)F)CC1. The van der Waals surface area contributed by atoms with Gasteiger partial charge in [0.1, 0.15) is 0 Å². The lowest BCUT2D eigenvalue weighted by molar-refractivity contribution is -0.184. The second-order valence-electron chi connectivity index (χ2n) is 6.15. The summed E-state index contributed by atoms with van der Waals surface area (Å²) in [6, 6.07) is 0. The van der Waals surface area contributed by atoms with Gasteiger partial charge < -0.3 is 5.32 Å². The molecule has 0 spiro atoms. The highest BCUT2D eigenvalue weighted by atomic mass is 35.5. The Labute approximate surface area is 129 Å². The highest BCUT2D eigenvalue weighted by molar-refractivity contribution is 6.18. The molecule has 0 atom stereocenters. The minimum Gasteiger partial charge on any atom is -0.355 e. The van der Waals surface area contributed by atoms with Gasteiger partial charge >= 0.3 is 6.18 Å². The maximum absolute atomic E-state index is 12.6. The van der Waals surface area contributed by atoms with Crippen molar-refractivity contribution in [1.29, 1.82) is 0 Å². The summed E-state index contributed by atoms with van der Waals surface area (Å²) < 4.78 is 37.8. The van der Waals surface area contributed by atoms with E-state index in [1.54, 1.807) is 0 Å². The van der Waals surface area contributed by atoms with Crippen LogP contribution in [-0.2, 0) is 4.79 Å². The van der Waals surface area contributed by atoms with Gasteiger partial charge in [-0.2, -0.15) is 13.2 Å². The first-order valence-corrected chi connectivity index (χ1v) is 8.22. The van der Waals surface area contributed by atoms with Crippen LogP contribution >= 0.6 is 11.6 Å². The average Bonchev–Trinajstić information content (AvgIpc) is 2.48. The van der Waals surface area contributed by atoms with Crippen LogP contribution in [0.15, 0.2) is 0 Å². The number of amides is 1. The number of halogens is 4. The van der Waals surface area contributed by atoms with E-state index in [4.69, 9.17) is 11.6 Å². The van der Waals surface area contributed by atoms with E-state index in [1.165, 1.54) is 0 Å². The summed E-state index contributed by atoms with van der Waals surface area (Å²) in [4.78, 5) is 12.1. The fraction of sp³-hybridized carbons (Fsp3) is 0.933. The standard InChI is InChI=1S/C15H25ClF3NO/c1-3-14(4-2,9-16)10-20-13(21)11-5-7-12(8-6-11)15(17,18)19/h11-12H,3-10H2,1-2H3,(H,20,21).